The zero-order valence-electron chi connectivity index (χ0n) is 16.7. The van der Waals surface area contributed by atoms with E-state index in [1.165, 1.54) is 12.5 Å². The fourth-order valence-electron chi connectivity index (χ4n) is 4.36. The van der Waals surface area contributed by atoms with Crippen LogP contribution in [0, 0.1) is 17.7 Å². The standard InChI is InChI=1S/C21H35FN4O/c1-16(2)6-8-26-10-9-25(15-20(26)7-11-27)14-18-13-23-24-21(18)17-4-3-5-19(22)12-17/h3-5,12,16,18,20-21,23-24,27H,6-11,13-15H2,1-2H3. The zero-order valence-corrected chi connectivity index (χ0v) is 16.7. The van der Waals surface area contributed by atoms with Crippen LogP contribution in [0.15, 0.2) is 24.3 Å². The van der Waals surface area contributed by atoms with Crippen LogP contribution in [-0.2, 0) is 0 Å². The first-order valence-electron chi connectivity index (χ1n) is 10.4. The van der Waals surface area contributed by atoms with E-state index in [0.29, 0.717) is 17.9 Å². The van der Waals surface area contributed by atoms with E-state index < -0.39 is 0 Å². The van der Waals surface area contributed by atoms with Gasteiger partial charge in [0.25, 0.3) is 0 Å². The quantitative estimate of drug-likeness (QED) is 0.646. The largest absolute Gasteiger partial charge is 0.396 e. The normalized spacial score (nSPS) is 27.5. The summed E-state index contributed by atoms with van der Waals surface area (Å²) in [5.74, 6) is 0.936. The SMILES string of the molecule is CC(C)CCN1CCN(CC2CNNC2c2cccc(F)c2)CC1CCO. The molecule has 0 bridgehead atoms. The maximum atomic E-state index is 13.6. The number of halogens is 1. The third-order valence-corrected chi connectivity index (χ3v) is 5.94. The molecule has 1 aromatic carbocycles. The van der Waals surface area contributed by atoms with Crippen molar-refractivity contribution in [2.24, 2.45) is 11.8 Å². The Labute approximate surface area is 162 Å². The molecule has 2 heterocycles. The lowest BCUT2D eigenvalue weighted by atomic mass is 9.93. The molecule has 3 atom stereocenters. The van der Waals surface area contributed by atoms with E-state index in [1.54, 1.807) is 12.1 Å². The zero-order chi connectivity index (χ0) is 19.2. The highest BCUT2D eigenvalue weighted by molar-refractivity contribution is 5.22. The fourth-order valence-corrected chi connectivity index (χ4v) is 4.36. The van der Waals surface area contributed by atoms with Gasteiger partial charge in [-0.05, 0) is 43.0 Å². The summed E-state index contributed by atoms with van der Waals surface area (Å²) in [6, 6.07) is 7.48. The predicted octanol–water partition coefficient (Wildman–Crippen LogP) is 2.01. The number of nitrogens with one attached hydrogen (secondary N) is 2. The first-order valence-corrected chi connectivity index (χ1v) is 10.4. The lowest BCUT2D eigenvalue weighted by molar-refractivity contribution is 0.0481. The Hall–Kier alpha value is -1.05. The second-order valence-electron chi connectivity index (χ2n) is 8.46. The number of aliphatic hydroxyl groups excluding tert-OH is 1. The van der Waals surface area contributed by atoms with E-state index in [1.807, 2.05) is 6.07 Å². The van der Waals surface area contributed by atoms with Gasteiger partial charge in [0.05, 0.1) is 6.04 Å². The molecule has 2 aliphatic heterocycles. The van der Waals surface area contributed by atoms with E-state index >= 15 is 0 Å². The van der Waals surface area contributed by atoms with Crippen LogP contribution in [0.1, 0.15) is 38.3 Å². The van der Waals surface area contributed by atoms with Gasteiger partial charge in [-0.1, -0.05) is 26.0 Å². The molecular formula is C21H35FN4O. The Kier molecular flexibility index (Phi) is 7.61. The van der Waals surface area contributed by atoms with Crippen molar-refractivity contribution in [2.75, 3.05) is 45.9 Å². The molecule has 2 fully saturated rings. The summed E-state index contributed by atoms with van der Waals surface area (Å²) in [6.07, 6.45) is 2.04. The molecule has 0 saturated carbocycles. The molecule has 3 unspecified atom stereocenters. The van der Waals surface area contributed by atoms with Crippen molar-refractivity contribution in [1.29, 1.82) is 0 Å². The van der Waals surface area contributed by atoms with Gasteiger partial charge in [0.2, 0.25) is 0 Å². The number of hydrazine groups is 1. The van der Waals surface area contributed by atoms with Crippen molar-refractivity contribution in [3.8, 4) is 0 Å². The molecule has 6 heteroatoms. The van der Waals surface area contributed by atoms with Gasteiger partial charge in [-0.2, -0.15) is 0 Å². The summed E-state index contributed by atoms with van der Waals surface area (Å²) >= 11 is 0. The van der Waals surface area contributed by atoms with Crippen molar-refractivity contribution in [1.82, 2.24) is 20.7 Å². The molecule has 2 saturated heterocycles. The molecule has 5 nitrogen and oxygen atoms in total. The average Bonchev–Trinajstić information content (AvgIpc) is 3.09. The maximum absolute atomic E-state index is 13.6. The minimum atomic E-state index is -0.179. The van der Waals surface area contributed by atoms with Crippen LogP contribution in [0.3, 0.4) is 0 Å². The Morgan fingerprint density at radius 2 is 2.15 bits per heavy atom. The van der Waals surface area contributed by atoms with Crippen LogP contribution < -0.4 is 10.9 Å². The highest BCUT2D eigenvalue weighted by Crippen LogP contribution is 2.27. The summed E-state index contributed by atoms with van der Waals surface area (Å²) in [4.78, 5) is 5.08. The van der Waals surface area contributed by atoms with Gasteiger partial charge >= 0.3 is 0 Å². The van der Waals surface area contributed by atoms with Gasteiger partial charge in [0, 0.05) is 51.3 Å². The Morgan fingerprint density at radius 1 is 1.30 bits per heavy atom. The van der Waals surface area contributed by atoms with Crippen molar-refractivity contribution >= 4 is 0 Å². The van der Waals surface area contributed by atoms with Gasteiger partial charge in [0.1, 0.15) is 5.82 Å². The summed E-state index contributed by atoms with van der Waals surface area (Å²) in [5, 5.41) is 9.50. The number of hydrogen-bond acceptors (Lipinski definition) is 5. The summed E-state index contributed by atoms with van der Waals surface area (Å²) < 4.78 is 13.6. The van der Waals surface area contributed by atoms with Gasteiger partial charge in [-0.15, -0.1) is 0 Å². The van der Waals surface area contributed by atoms with E-state index in [2.05, 4.69) is 34.5 Å². The van der Waals surface area contributed by atoms with E-state index in [0.717, 1.165) is 51.3 Å². The third-order valence-electron chi connectivity index (χ3n) is 5.94. The lowest BCUT2D eigenvalue weighted by Gasteiger charge is -2.42. The smallest absolute Gasteiger partial charge is 0.123 e. The molecule has 0 aromatic heterocycles. The minimum absolute atomic E-state index is 0.135. The van der Waals surface area contributed by atoms with Gasteiger partial charge in [-0.3, -0.25) is 10.3 Å². The molecule has 0 spiro atoms. The van der Waals surface area contributed by atoms with Crippen LogP contribution in [0.25, 0.3) is 0 Å². The van der Waals surface area contributed by atoms with Crippen LogP contribution in [0.5, 0.6) is 0 Å². The van der Waals surface area contributed by atoms with Gasteiger partial charge in [0.15, 0.2) is 0 Å². The van der Waals surface area contributed by atoms with E-state index in [4.69, 9.17) is 0 Å². The number of piperazine rings is 1. The first kappa shape index (κ1) is 20.7. The lowest BCUT2D eigenvalue weighted by Crippen LogP contribution is -2.54. The van der Waals surface area contributed by atoms with Gasteiger partial charge in [-0.25, -0.2) is 9.82 Å². The monoisotopic (exact) mass is 378 g/mol. The molecule has 3 rings (SSSR count). The van der Waals surface area contributed by atoms with Crippen LogP contribution in [-0.4, -0.2) is 66.8 Å². The summed E-state index contributed by atoms with van der Waals surface area (Å²) in [5.41, 5.74) is 7.59. The Balaban J connectivity index is 1.58. The Morgan fingerprint density at radius 3 is 2.89 bits per heavy atom. The van der Waals surface area contributed by atoms with Crippen LogP contribution >= 0.6 is 0 Å². The van der Waals surface area contributed by atoms with Gasteiger partial charge < -0.3 is 10.0 Å². The minimum Gasteiger partial charge on any atom is -0.396 e. The summed E-state index contributed by atoms with van der Waals surface area (Å²) in [6.45, 7) is 10.9. The van der Waals surface area contributed by atoms with Crippen molar-refractivity contribution in [3.05, 3.63) is 35.6 Å². The number of hydrogen-bond donors (Lipinski definition) is 3. The predicted molar refractivity (Wildman–Crippen MR) is 107 cm³/mol. The molecule has 2 aliphatic rings. The van der Waals surface area contributed by atoms with Crippen LogP contribution in [0.4, 0.5) is 4.39 Å². The van der Waals surface area contributed by atoms with Crippen molar-refractivity contribution in [3.63, 3.8) is 0 Å². The number of aliphatic hydroxyl groups is 1. The summed E-state index contributed by atoms with van der Waals surface area (Å²) in [7, 11) is 0. The molecule has 27 heavy (non-hydrogen) atoms. The molecule has 152 valence electrons. The Bertz CT molecular complexity index is 585. The average molecular weight is 379 g/mol. The van der Waals surface area contributed by atoms with Crippen molar-refractivity contribution < 1.29 is 9.50 Å². The third kappa shape index (κ3) is 5.72. The molecule has 0 amide bonds. The second kappa shape index (κ2) is 9.94. The van der Waals surface area contributed by atoms with E-state index in [9.17, 15) is 9.50 Å². The molecule has 0 radical (unpaired) electrons. The number of benzene rings is 1. The highest BCUT2D eigenvalue weighted by Gasteiger charge is 2.33. The van der Waals surface area contributed by atoms with E-state index in [-0.39, 0.29) is 18.5 Å². The maximum Gasteiger partial charge on any atom is 0.123 e. The second-order valence-corrected chi connectivity index (χ2v) is 8.46. The highest BCUT2D eigenvalue weighted by atomic mass is 19.1. The fraction of sp³-hybridized carbons (Fsp3) is 0.714. The topological polar surface area (TPSA) is 50.8 Å². The molecule has 0 aliphatic carbocycles. The molecule has 3 N–H and O–H groups in total. The molecular weight excluding hydrogens is 343 g/mol. The van der Waals surface area contributed by atoms with Crippen LogP contribution in [0.2, 0.25) is 0 Å². The number of rotatable bonds is 8. The first-order chi connectivity index (χ1) is 13.1. The number of nitrogens with zero attached hydrogens (tertiary/aromatic N) is 2. The molecule has 1 aromatic rings. The van der Waals surface area contributed by atoms with Crippen molar-refractivity contribution in [2.45, 2.75) is 38.8 Å².